The van der Waals surface area contributed by atoms with E-state index in [-0.39, 0.29) is 5.91 Å². The number of rotatable bonds is 4. The van der Waals surface area contributed by atoms with Crippen LogP contribution in [-0.4, -0.2) is 41.4 Å². The van der Waals surface area contributed by atoms with E-state index in [1.165, 1.54) is 0 Å². The van der Waals surface area contributed by atoms with E-state index in [1.807, 2.05) is 29.2 Å². The topological polar surface area (TPSA) is 23.6 Å². The molecule has 2 rings (SSSR count). The summed E-state index contributed by atoms with van der Waals surface area (Å²) in [6.45, 7) is 5.94. The predicted molar refractivity (Wildman–Crippen MR) is 87.4 cm³/mol. The molecule has 1 aromatic rings. The van der Waals surface area contributed by atoms with Gasteiger partial charge in [0.15, 0.2) is 0 Å². The van der Waals surface area contributed by atoms with Gasteiger partial charge >= 0.3 is 0 Å². The van der Waals surface area contributed by atoms with Gasteiger partial charge in [0.25, 0.3) is 0 Å². The lowest BCUT2D eigenvalue weighted by Crippen LogP contribution is -2.37. The van der Waals surface area contributed by atoms with E-state index in [0.29, 0.717) is 25.0 Å². The van der Waals surface area contributed by atoms with E-state index in [1.54, 1.807) is 0 Å². The highest BCUT2D eigenvalue weighted by molar-refractivity contribution is 6.30. The highest BCUT2D eigenvalue weighted by Gasteiger charge is 2.25. The monoisotopic (exact) mass is 308 g/mol. The Kier molecular flexibility index (Phi) is 5.65. The molecule has 116 valence electrons. The van der Waals surface area contributed by atoms with Gasteiger partial charge in [0.1, 0.15) is 0 Å². The molecule has 1 fully saturated rings. The van der Waals surface area contributed by atoms with Crippen LogP contribution in [0.4, 0.5) is 0 Å². The molecule has 4 heteroatoms. The molecule has 1 saturated heterocycles. The van der Waals surface area contributed by atoms with E-state index < -0.39 is 0 Å². The maximum Gasteiger partial charge on any atom is 0.222 e. The molecule has 0 aliphatic carbocycles. The van der Waals surface area contributed by atoms with Crippen LogP contribution in [0.1, 0.15) is 38.7 Å². The van der Waals surface area contributed by atoms with Crippen LogP contribution in [0.5, 0.6) is 0 Å². The summed E-state index contributed by atoms with van der Waals surface area (Å²) < 4.78 is 0. The van der Waals surface area contributed by atoms with Crippen molar-refractivity contribution in [3.63, 3.8) is 0 Å². The zero-order valence-corrected chi connectivity index (χ0v) is 13.9. The Morgan fingerprint density at radius 1 is 1.29 bits per heavy atom. The van der Waals surface area contributed by atoms with Crippen molar-refractivity contribution in [3.05, 3.63) is 34.9 Å². The molecule has 1 heterocycles. The van der Waals surface area contributed by atoms with E-state index in [2.05, 4.69) is 25.8 Å². The number of likely N-dealkylation sites (tertiary alicyclic amines) is 1. The van der Waals surface area contributed by atoms with E-state index in [9.17, 15) is 4.79 Å². The number of halogens is 1. The first-order chi connectivity index (χ1) is 9.97. The maximum absolute atomic E-state index is 12.3. The van der Waals surface area contributed by atoms with Crippen LogP contribution in [0.2, 0.25) is 5.02 Å². The second-order valence-electron chi connectivity index (χ2n) is 6.18. The summed E-state index contributed by atoms with van der Waals surface area (Å²) in [4.78, 5) is 16.7. The fourth-order valence-corrected chi connectivity index (χ4v) is 2.95. The number of amides is 1. The number of benzene rings is 1. The van der Waals surface area contributed by atoms with Crippen LogP contribution in [-0.2, 0) is 11.3 Å². The largest absolute Gasteiger partial charge is 0.338 e. The Bertz CT molecular complexity index is 472. The third-order valence-electron chi connectivity index (χ3n) is 4.45. The Balaban J connectivity index is 1.98. The summed E-state index contributed by atoms with van der Waals surface area (Å²) in [6, 6.07) is 8.79. The van der Waals surface area contributed by atoms with Gasteiger partial charge in [0.2, 0.25) is 5.91 Å². The van der Waals surface area contributed by atoms with Crippen LogP contribution in [0.25, 0.3) is 0 Å². The molecule has 21 heavy (non-hydrogen) atoms. The lowest BCUT2D eigenvalue weighted by atomic mass is 10.1. The van der Waals surface area contributed by atoms with Crippen molar-refractivity contribution in [2.24, 2.45) is 0 Å². The molecular weight excluding hydrogens is 284 g/mol. The number of carbonyl (C=O) groups is 1. The van der Waals surface area contributed by atoms with Gasteiger partial charge in [-0.15, -0.1) is 0 Å². The standard InChI is InChI=1S/C17H25ClN2O/c1-13(2)19(3)16-8-9-17(21)20(11-10-16)12-14-4-6-15(18)7-5-14/h4-7,13,16H,8-12H2,1-3H3. The van der Waals surface area contributed by atoms with Crippen molar-refractivity contribution >= 4 is 17.5 Å². The zero-order valence-electron chi connectivity index (χ0n) is 13.2. The van der Waals surface area contributed by atoms with Crippen LogP contribution in [0.3, 0.4) is 0 Å². The summed E-state index contributed by atoms with van der Waals surface area (Å²) in [5.41, 5.74) is 1.14. The Morgan fingerprint density at radius 3 is 2.57 bits per heavy atom. The zero-order chi connectivity index (χ0) is 15.4. The average molecular weight is 309 g/mol. The fourth-order valence-electron chi connectivity index (χ4n) is 2.83. The minimum absolute atomic E-state index is 0.268. The van der Waals surface area contributed by atoms with Gasteiger partial charge in [-0.1, -0.05) is 23.7 Å². The van der Waals surface area contributed by atoms with Gasteiger partial charge < -0.3 is 9.80 Å². The van der Waals surface area contributed by atoms with E-state index >= 15 is 0 Å². The first kappa shape index (κ1) is 16.3. The molecule has 3 nitrogen and oxygen atoms in total. The van der Waals surface area contributed by atoms with Crippen molar-refractivity contribution in [1.29, 1.82) is 0 Å². The van der Waals surface area contributed by atoms with Gasteiger partial charge in [0, 0.05) is 36.6 Å². The first-order valence-corrected chi connectivity index (χ1v) is 8.09. The molecular formula is C17H25ClN2O. The summed E-state index contributed by atoms with van der Waals surface area (Å²) in [7, 11) is 2.16. The SMILES string of the molecule is CC(C)N(C)C1CCC(=O)N(Cc2ccc(Cl)cc2)CC1. The maximum atomic E-state index is 12.3. The average Bonchev–Trinajstić information content (AvgIpc) is 2.63. The minimum atomic E-state index is 0.268. The van der Waals surface area contributed by atoms with Crippen molar-refractivity contribution in [2.45, 2.75) is 51.7 Å². The fraction of sp³-hybridized carbons (Fsp3) is 0.588. The summed E-state index contributed by atoms with van der Waals surface area (Å²) >= 11 is 5.91. The van der Waals surface area contributed by atoms with Gasteiger partial charge in [-0.2, -0.15) is 0 Å². The summed E-state index contributed by atoms with van der Waals surface area (Å²) in [5.74, 6) is 0.268. The minimum Gasteiger partial charge on any atom is -0.338 e. The molecule has 0 bridgehead atoms. The quantitative estimate of drug-likeness (QED) is 0.849. The molecule has 1 aliphatic heterocycles. The molecule has 1 amide bonds. The van der Waals surface area contributed by atoms with Gasteiger partial charge in [0.05, 0.1) is 0 Å². The van der Waals surface area contributed by atoms with Crippen molar-refractivity contribution in [2.75, 3.05) is 13.6 Å². The second kappa shape index (κ2) is 7.28. The van der Waals surface area contributed by atoms with Gasteiger partial charge in [-0.05, 0) is 51.4 Å². The third kappa shape index (κ3) is 4.45. The smallest absolute Gasteiger partial charge is 0.222 e. The molecule has 0 spiro atoms. The van der Waals surface area contributed by atoms with Crippen LogP contribution in [0, 0.1) is 0 Å². The highest BCUT2D eigenvalue weighted by Crippen LogP contribution is 2.20. The van der Waals surface area contributed by atoms with Crippen molar-refractivity contribution in [3.8, 4) is 0 Å². The van der Waals surface area contributed by atoms with Crippen LogP contribution in [0.15, 0.2) is 24.3 Å². The molecule has 1 unspecified atom stereocenters. The molecule has 1 aliphatic rings. The van der Waals surface area contributed by atoms with Crippen molar-refractivity contribution < 1.29 is 4.79 Å². The lowest BCUT2D eigenvalue weighted by molar-refractivity contribution is -0.131. The Labute approximate surface area is 132 Å². The molecule has 1 atom stereocenters. The lowest BCUT2D eigenvalue weighted by Gasteiger charge is -2.30. The summed E-state index contributed by atoms with van der Waals surface area (Å²) in [6.07, 6.45) is 2.66. The second-order valence-corrected chi connectivity index (χ2v) is 6.62. The molecule has 0 saturated carbocycles. The molecule has 0 N–H and O–H groups in total. The van der Waals surface area contributed by atoms with Crippen LogP contribution < -0.4 is 0 Å². The van der Waals surface area contributed by atoms with Gasteiger partial charge in [-0.25, -0.2) is 0 Å². The summed E-state index contributed by atoms with van der Waals surface area (Å²) in [5, 5.41) is 0.736. The highest BCUT2D eigenvalue weighted by atomic mass is 35.5. The Hall–Kier alpha value is -1.06. The van der Waals surface area contributed by atoms with Gasteiger partial charge in [-0.3, -0.25) is 4.79 Å². The van der Waals surface area contributed by atoms with E-state index in [4.69, 9.17) is 11.6 Å². The number of hydrogen-bond donors (Lipinski definition) is 0. The normalized spacial score (nSPS) is 20.2. The number of carbonyl (C=O) groups excluding carboxylic acids is 1. The number of nitrogens with zero attached hydrogens (tertiary/aromatic N) is 2. The molecule has 1 aromatic carbocycles. The van der Waals surface area contributed by atoms with Crippen LogP contribution >= 0.6 is 11.6 Å². The van der Waals surface area contributed by atoms with Crippen molar-refractivity contribution in [1.82, 2.24) is 9.80 Å². The Morgan fingerprint density at radius 2 is 1.95 bits per heavy atom. The van der Waals surface area contributed by atoms with E-state index in [0.717, 1.165) is 30.0 Å². The third-order valence-corrected chi connectivity index (χ3v) is 4.71. The first-order valence-electron chi connectivity index (χ1n) is 7.71. The molecule has 0 radical (unpaired) electrons. The number of hydrogen-bond acceptors (Lipinski definition) is 2. The molecule has 0 aromatic heterocycles. The predicted octanol–water partition coefficient (Wildman–Crippen LogP) is 3.56.